The first-order chi connectivity index (χ1) is 62.2. The van der Waals surface area contributed by atoms with Crippen LogP contribution in [0.15, 0.2) is 417 Å². The average molecular weight is 1610 g/mol. The molecule has 25 rings (SSSR count). The molecular formula is C115H74N10O. The molecule has 0 bridgehead atoms. The second-order valence-electron chi connectivity index (χ2n) is 32.8. The van der Waals surface area contributed by atoms with Gasteiger partial charge < -0.3 is 13.6 Å². The van der Waals surface area contributed by atoms with Crippen LogP contribution in [0.3, 0.4) is 0 Å². The van der Waals surface area contributed by atoms with Crippen LogP contribution in [0.4, 0.5) is 0 Å². The molecule has 1 aliphatic rings. The zero-order chi connectivity index (χ0) is 83.5. The minimum absolute atomic E-state index is 0.130. The number of fused-ring (bicyclic) bond motifs is 17. The number of benzene rings is 17. The van der Waals surface area contributed by atoms with E-state index in [1.807, 2.05) is 78.9 Å². The fourth-order valence-electron chi connectivity index (χ4n) is 19.1. The first-order valence-electron chi connectivity index (χ1n) is 42.6. The lowest BCUT2D eigenvalue weighted by atomic mass is 9.82. The molecule has 0 saturated carbocycles. The van der Waals surface area contributed by atoms with Crippen molar-refractivity contribution >= 4 is 98.1 Å². The molecule has 0 saturated heterocycles. The zero-order valence-corrected chi connectivity index (χ0v) is 68.6. The molecule has 0 spiro atoms. The van der Waals surface area contributed by atoms with Crippen LogP contribution in [0.2, 0.25) is 0 Å². The Kier molecular flexibility index (Phi) is 17.3. The molecular weight excluding hydrogens is 1540 g/mol. The summed E-state index contributed by atoms with van der Waals surface area (Å²) in [5.41, 5.74) is 29.3. The van der Waals surface area contributed by atoms with Crippen LogP contribution in [0, 0.1) is 0 Å². The molecule has 1 aliphatic carbocycles. The topological polar surface area (TPSA) is 126 Å². The Hall–Kier alpha value is -16.8. The Balaban J connectivity index is 0.000000141. The van der Waals surface area contributed by atoms with Gasteiger partial charge in [0.25, 0.3) is 0 Å². The molecule has 17 aromatic carbocycles. The van der Waals surface area contributed by atoms with E-state index < -0.39 is 0 Å². The predicted octanol–water partition coefficient (Wildman–Crippen LogP) is 29.1. The summed E-state index contributed by atoms with van der Waals surface area (Å²) in [6.07, 6.45) is 0. The molecule has 0 amide bonds. The van der Waals surface area contributed by atoms with Crippen molar-refractivity contribution in [2.24, 2.45) is 0 Å². The maximum atomic E-state index is 6.47. The molecule has 0 aliphatic heterocycles. The van der Waals surface area contributed by atoms with Gasteiger partial charge in [-0.05, 0) is 128 Å². The van der Waals surface area contributed by atoms with Crippen LogP contribution >= 0.6 is 0 Å². The van der Waals surface area contributed by atoms with Crippen molar-refractivity contribution in [1.29, 1.82) is 0 Å². The maximum absolute atomic E-state index is 6.47. The minimum Gasteiger partial charge on any atom is -0.455 e. The van der Waals surface area contributed by atoms with E-state index in [-0.39, 0.29) is 5.41 Å². The van der Waals surface area contributed by atoms with Crippen LogP contribution < -0.4 is 0 Å². The summed E-state index contributed by atoms with van der Waals surface area (Å²) in [6.45, 7) is 4.60. The number of hydrogen-bond donors (Lipinski definition) is 0. The normalized spacial score (nSPS) is 12.3. The van der Waals surface area contributed by atoms with E-state index in [0.29, 0.717) is 34.9 Å². The molecule has 11 nitrogen and oxygen atoms in total. The van der Waals surface area contributed by atoms with Gasteiger partial charge in [-0.3, -0.25) is 0 Å². The van der Waals surface area contributed by atoms with Crippen LogP contribution in [0.25, 0.3) is 234 Å². The van der Waals surface area contributed by atoms with Gasteiger partial charge in [0, 0.05) is 98.8 Å². The highest BCUT2D eigenvalue weighted by Gasteiger charge is 2.36. The Bertz CT molecular complexity index is 8460. The number of furan rings is 1. The molecule has 0 fully saturated rings. The van der Waals surface area contributed by atoms with Crippen molar-refractivity contribution in [1.82, 2.24) is 49.0 Å². The van der Waals surface area contributed by atoms with Crippen LogP contribution in [-0.2, 0) is 5.41 Å². The molecule has 7 aromatic heterocycles. The lowest BCUT2D eigenvalue weighted by molar-refractivity contribution is 0.660. The van der Waals surface area contributed by atoms with E-state index in [1.54, 1.807) is 0 Å². The Morgan fingerprint density at radius 3 is 1.13 bits per heavy atom. The van der Waals surface area contributed by atoms with E-state index in [2.05, 4.69) is 357 Å². The molecule has 0 N–H and O–H groups in total. The monoisotopic (exact) mass is 1610 g/mol. The smallest absolute Gasteiger partial charge is 0.167 e. The fourth-order valence-corrected chi connectivity index (χ4v) is 19.1. The van der Waals surface area contributed by atoms with Crippen LogP contribution in [0.5, 0.6) is 0 Å². The number of pyridine rings is 2. The molecule has 0 radical (unpaired) electrons. The summed E-state index contributed by atoms with van der Waals surface area (Å²) < 4.78 is 11.2. The van der Waals surface area contributed by atoms with Gasteiger partial charge in [0.2, 0.25) is 0 Å². The molecule has 0 atom stereocenters. The second kappa shape index (κ2) is 29.8. The average Bonchev–Trinajstić information content (AvgIpc) is 1.56. The van der Waals surface area contributed by atoms with Gasteiger partial charge >= 0.3 is 0 Å². The van der Waals surface area contributed by atoms with Gasteiger partial charge in [0.05, 0.1) is 50.1 Å². The molecule has 590 valence electrons. The Morgan fingerprint density at radius 1 is 0.222 bits per heavy atom. The van der Waals surface area contributed by atoms with Crippen molar-refractivity contribution in [2.45, 2.75) is 19.3 Å². The lowest BCUT2D eigenvalue weighted by Crippen LogP contribution is -2.15. The second-order valence-corrected chi connectivity index (χ2v) is 32.8. The highest BCUT2D eigenvalue weighted by atomic mass is 16.3. The molecule has 24 aromatic rings. The van der Waals surface area contributed by atoms with E-state index >= 15 is 0 Å². The predicted molar refractivity (Wildman–Crippen MR) is 516 cm³/mol. The van der Waals surface area contributed by atoms with E-state index in [9.17, 15) is 0 Å². The van der Waals surface area contributed by atoms with Gasteiger partial charge in [-0.2, -0.15) is 0 Å². The fraction of sp³-hybridized carbons (Fsp3) is 0.0261. The molecule has 7 heterocycles. The van der Waals surface area contributed by atoms with E-state index in [1.165, 1.54) is 43.8 Å². The SMILES string of the molecule is CC1(C)c2ccccc2-c2ccc(-c3nc(-c4ccccc4)nc(-c4ccc(-c5ccc(-c6nc7ccccc7c7c8ccccc8n(-c8ccccc8)c67)cc5)cc4)n3)cc21.c1ccc(-c2nc(-c3ccc(-c4ccc(-c5nc6ccccc6c6c7ccccc7n(-c7ccccc7)c56)cc4)c4ccccc34)nc(-c3cccc4c3oc3ccccc34)n2)cc1. The van der Waals surface area contributed by atoms with Crippen molar-refractivity contribution in [2.75, 3.05) is 0 Å². The lowest BCUT2D eigenvalue weighted by Gasteiger charge is -2.21. The zero-order valence-electron chi connectivity index (χ0n) is 68.6. The summed E-state index contributed by atoms with van der Waals surface area (Å²) in [6, 6.07) is 145. The summed E-state index contributed by atoms with van der Waals surface area (Å²) in [5, 5.41) is 11.4. The molecule has 126 heavy (non-hydrogen) atoms. The number of nitrogens with zero attached hydrogens (tertiary/aromatic N) is 10. The van der Waals surface area contributed by atoms with Gasteiger partial charge in [-0.1, -0.05) is 354 Å². The highest BCUT2D eigenvalue weighted by molar-refractivity contribution is 6.25. The number of aromatic nitrogens is 10. The summed E-state index contributed by atoms with van der Waals surface area (Å²) >= 11 is 0. The summed E-state index contributed by atoms with van der Waals surface area (Å²) in [7, 11) is 0. The summed E-state index contributed by atoms with van der Waals surface area (Å²) in [4.78, 5) is 41.4. The molecule has 0 unspecified atom stereocenters. The van der Waals surface area contributed by atoms with Crippen LogP contribution in [0.1, 0.15) is 25.0 Å². The van der Waals surface area contributed by atoms with Gasteiger partial charge in [-0.25, -0.2) is 39.9 Å². The maximum Gasteiger partial charge on any atom is 0.167 e. The first-order valence-corrected chi connectivity index (χ1v) is 42.6. The van der Waals surface area contributed by atoms with Gasteiger partial charge in [0.15, 0.2) is 34.9 Å². The summed E-state index contributed by atoms with van der Waals surface area (Å²) in [5.74, 6) is 3.69. The molecule has 11 heteroatoms. The van der Waals surface area contributed by atoms with Crippen LogP contribution in [-0.4, -0.2) is 49.0 Å². The number of hydrogen-bond acceptors (Lipinski definition) is 9. The van der Waals surface area contributed by atoms with Crippen molar-refractivity contribution in [3.63, 3.8) is 0 Å². The van der Waals surface area contributed by atoms with Crippen molar-refractivity contribution in [3.05, 3.63) is 424 Å². The largest absolute Gasteiger partial charge is 0.455 e. The standard InChI is InChI=1S/C58H35N5O.C57H39N5/c1-3-16-38(17-4-1)56-60-57(62-58(61-56)48-26-15-25-44-43-22-11-14-29-51(43)64-55(44)48)45-35-34-40(41-20-7-8-21-42(41)45)36-30-32-37(33-31-36)53-54-52(46-23-9-12-27-49(46)59-53)47-24-10-13-28-50(47)63(54)39-18-5-2-6-19-39;1-57(2)47-22-12-9-19-43(47)44-34-33-41(35-48(44)57)56-60-54(39-15-5-3-6-16-39)59-55(61-56)40-31-27-37(28-32-40)36-25-29-38(30-26-36)52-53-51(45-20-10-13-23-49(45)58-52)46-21-11-14-24-50(46)62(53)42-17-7-4-8-18-42/h1-35H;3-35H,1-2H3. The van der Waals surface area contributed by atoms with E-state index in [4.69, 9.17) is 44.3 Å². The minimum atomic E-state index is -0.130. The van der Waals surface area contributed by atoms with Gasteiger partial charge in [0.1, 0.15) is 11.2 Å². The number of para-hydroxylation sites is 8. The van der Waals surface area contributed by atoms with Gasteiger partial charge in [-0.15, -0.1) is 0 Å². The first kappa shape index (κ1) is 73.2. The van der Waals surface area contributed by atoms with E-state index in [0.717, 1.165) is 166 Å². The third-order valence-corrected chi connectivity index (χ3v) is 25.1. The third kappa shape index (κ3) is 12.3. The van der Waals surface area contributed by atoms with Crippen molar-refractivity contribution < 1.29 is 4.42 Å². The Morgan fingerprint density at radius 2 is 0.579 bits per heavy atom. The quantitative estimate of drug-likeness (QED) is 0.117. The highest BCUT2D eigenvalue weighted by Crippen LogP contribution is 2.51. The van der Waals surface area contributed by atoms with Crippen molar-refractivity contribution in [3.8, 4) is 136 Å². The third-order valence-electron chi connectivity index (χ3n) is 25.1. The number of rotatable bonds is 12. The Labute approximate surface area is 725 Å².